The van der Waals surface area contributed by atoms with Crippen LogP contribution in [0.5, 0.6) is 0 Å². The van der Waals surface area contributed by atoms with Crippen molar-refractivity contribution in [3.8, 4) is 0 Å². The van der Waals surface area contributed by atoms with E-state index >= 15 is 0 Å². The summed E-state index contributed by atoms with van der Waals surface area (Å²) in [7, 11) is 2.23. The van der Waals surface area contributed by atoms with Crippen LogP contribution in [0.4, 0.5) is 0 Å². The number of nitrogens with zero attached hydrogens (tertiary/aromatic N) is 1. The summed E-state index contributed by atoms with van der Waals surface area (Å²) < 4.78 is 0. The van der Waals surface area contributed by atoms with Gasteiger partial charge in [-0.1, -0.05) is 13.8 Å². The maximum absolute atomic E-state index is 3.74. The summed E-state index contributed by atoms with van der Waals surface area (Å²) in [4.78, 5) is 2.44. The molecule has 1 aliphatic carbocycles. The Hall–Kier alpha value is -0.0800. The fraction of sp³-hybridized carbons (Fsp3) is 1.00. The third-order valence-corrected chi connectivity index (χ3v) is 4.32. The molecule has 0 aromatic heterocycles. The van der Waals surface area contributed by atoms with Crippen molar-refractivity contribution < 1.29 is 0 Å². The van der Waals surface area contributed by atoms with E-state index < -0.39 is 0 Å². The molecule has 2 rings (SSSR count). The maximum Gasteiger partial charge on any atom is 0.00980 e. The third-order valence-electron chi connectivity index (χ3n) is 4.32. The molecule has 1 N–H and O–H groups in total. The van der Waals surface area contributed by atoms with Crippen LogP contribution < -0.4 is 5.32 Å². The molecule has 4 unspecified atom stereocenters. The molecule has 2 heteroatoms. The molecular weight excluding hydrogens is 172 g/mol. The highest BCUT2D eigenvalue weighted by molar-refractivity contribution is 4.90. The molecule has 1 heterocycles. The van der Waals surface area contributed by atoms with Gasteiger partial charge in [0.25, 0.3) is 0 Å². The number of hydrogen-bond donors (Lipinski definition) is 1. The number of likely N-dealkylation sites (tertiary alicyclic amines) is 1. The van der Waals surface area contributed by atoms with Gasteiger partial charge in [-0.2, -0.15) is 0 Å². The Morgan fingerprint density at radius 3 is 2.64 bits per heavy atom. The predicted molar refractivity (Wildman–Crippen MR) is 60.3 cm³/mol. The van der Waals surface area contributed by atoms with Gasteiger partial charge in [0, 0.05) is 12.6 Å². The molecule has 4 atom stereocenters. The highest BCUT2D eigenvalue weighted by Crippen LogP contribution is 2.33. The molecule has 2 fully saturated rings. The quantitative estimate of drug-likeness (QED) is 0.737. The van der Waals surface area contributed by atoms with Gasteiger partial charge >= 0.3 is 0 Å². The molecule has 1 saturated heterocycles. The van der Waals surface area contributed by atoms with E-state index in [1.807, 2.05) is 0 Å². The van der Waals surface area contributed by atoms with Crippen molar-refractivity contribution in [2.75, 3.05) is 26.7 Å². The van der Waals surface area contributed by atoms with E-state index in [9.17, 15) is 0 Å². The fourth-order valence-electron chi connectivity index (χ4n) is 2.81. The lowest BCUT2D eigenvalue weighted by atomic mass is 9.71. The van der Waals surface area contributed by atoms with Crippen molar-refractivity contribution in [2.45, 2.75) is 32.7 Å². The minimum atomic E-state index is 0.816. The van der Waals surface area contributed by atoms with Crippen LogP contribution in [-0.4, -0.2) is 37.6 Å². The number of nitrogens with one attached hydrogen (secondary N) is 1. The van der Waals surface area contributed by atoms with Crippen LogP contribution in [0.15, 0.2) is 0 Å². The van der Waals surface area contributed by atoms with E-state index in [2.05, 4.69) is 31.1 Å². The standard InChI is InChI=1S/C12H24N2/c1-9-6-12(10(9)2)13-7-11-4-5-14(3)8-11/h9-13H,4-8H2,1-3H3. The van der Waals surface area contributed by atoms with Crippen LogP contribution in [0.2, 0.25) is 0 Å². The summed E-state index contributed by atoms with van der Waals surface area (Å²) in [6.45, 7) is 8.58. The average molecular weight is 196 g/mol. The molecule has 82 valence electrons. The van der Waals surface area contributed by atoms with E-state index in [4.69, 9.17) is 0 Å². The van der Waals surface area contributed by atoms with E-state index in [0.717, 1.165) is 23.8 Å². The van der Waals surface area contributed by atoms with Crippen LogP contribution in [0.3, 0.4) is 0 Å². The van der Waals surface area contributed by atoms with Crippen molar-refractivity contribution in [2.24, 2.45) is 17.8 Å². The molecule has 0 aromatic carbocycles. The molecule has 0 aromatic rings. The molecule has 0 radical (unpaired) electrons. The van der Waals surface area contributed by atoms with Gasteiger partial charge in [0.15, 0.2) is 0 Å². The molecule has 0 spiro atoms. The Morgan fingerprint density at radius 1 is 1.36 bits per heavy atom. The molecule has 0 bridgehead atoms. The minimum Gasteiger partial charge on any atom is -0.313 e. The van der Waals surface area contributed by atoms with Gasteiger partial charge in [0.05, 0.1) is 0 Å². The minimum absolute atomic E-state index is 0.816. The van der Waals surface area contributed by atoms with Crippen molar-refractivity contribution in [1.29, 1.82) is 0 Å². The van der Waals surface area contributed by atoms with Crippen molar-refractivity contribution in [3.63, 3.8) is 0 Å². The molecule has 1 aliphatic heterocycles. The highest BCUT2D eigenvalue weighted by Gasteiger charge is 2.34. The van der Waals surface area contributed by atoms with Gasteiger partial charge in [-0.3, -0.25) is 0 Å². The fourth-order valence-corrected chi connectivity index (χ4v) is 2.81. The van der Waals surface area contributed by atoms with Crippen molar-refractivity contribution in [1.82, 2.24) is 10.2 Å². The first-order valence-corrected chi connectivity index (χ1v) is 6.08. The Kier molecular flexibility index (Phi) is 3.13. The summed E-state index contributed by atoms with van der Waals surface area (Å²) >= 11 is 0. The average Bonchev–Trinajstić information content (AvgIpc) is 2.58. The number of rotatable bonds is 3. The lowest BCUT2D eigenvalue weighted by Gasteiger charge is -2.42. The van der Waals surface area contributed by atoms with Crippen LogP contribution in [0, 0.1) is 17.8 Å². The van der Waals surface area contributed by atoms with Crippen molar-refractivity contribution in [3.05, 3.63) is 0 Å². The lowest BCUT2D eigenvalue weighted by Crippen LogP contribution is -2.49. The van der Waals surface area contributed by atoms with Gasteiger partial charge in [0.2, 0.25) is 0 Å². The zero-order valence-electron chi connectivity index (χ0n) is 9.79. The summed E-state index contributed by atoms with van der Waals surface area (Å²) in [6.07, 6.45) is 2.78. The smallest absolute Gasteiger partial charge is 0.00980 e. The first-order valence-electron chi connectivity index (χ1n) is 6.08. The third kappa shape index (κ3) is 2.12. The summed E-state index contributed by atoms with van der Waals surface area (Å²) in [5.41, 5.74) is 0. The van der Waals surface area contributed by atoms with Crippen molar-refractivity contribution >= 4 is 0 Å². The maximum atomic E-state index is 3.74. The normalized spacial score (nSPS) is 43.9. The molecule has 1 saturated carbocycles. The second kappa shape index (κ2) is 4.19. The van der Waals surface area contributed by atoms with Gasteiger partial charge in [0.1, 0.15) is 0 Å². The van der Waals surface area contributed by atoms with Gasteiger partial charge < -0.3 is 10.2 Å². The summed E-state index contributed by atoms with van der Waals surface area (Å²) in [5.74, 6) is 2.75. The summed E-state index contributed by atoms with van der Waals surface area (Å²) in [6, 6.07) is 0.816. The first-order chi connectivity index (χ1) is 6.66. The SMILES string of the molecule is CC1CC(NCC2CCN(C)C2)C1C. The van der Waals surface area contributed by atoms with E-state index in [0.29, 0.717) is 0 Å². The van der Waals surface area contributed by atoms with Crippen LogP contribution >= 0.6 is 0 Å². The topological polar surface area (TPSA) is 15.3 Å². The monoisotopic (exact) mass is 196 g/mol. The van der Waals surface area contributed by atoms with Crippen LogP contribution in [0.25, 0.3) is 0 Å². The second-order valence-corrected chi connectivity index (χ2v) is 5.50. The zero-order valence-corrected chi connectivity index (χ0v) is 9.79. The van der Waals surface area contributed by atoms with E-state index in [-0.39, 0.29) is 0 Å². The molecule has 2 nitrogen and oxygen atoms in total. The summed E-state index contributed by atoms with van der Waals surface area (Å²) in [5, 5.41) is 3.74. The van der Waals surface area contributed by atoms with Gasteiger partial charge in [-0.25, -0.2) is 0 Å². The zero-order chi connectivity index (χ0) is 10.1. The Balaban J connectivity index is 1.63. The predicted octanol–water partition coefficient (Wildman–Crippen LogP) is 1.57. The van der Waals surface area contributed by atoms with Gasteiger partial charge in [-0.05, 0) is 50.7 Å². The Labute approximate surface area is 88.1 Å². The second-order valence-electron chi connectivity index (χ2n) is 5.50. The Morgan fingerprint density at radius 2 is 2.14 bits per heavy atom. The molecule has 0 amide bonds. The lowest BCUT2D eigenvalue weighted by molar-refractivity contribution is 0.133. The molecule has 14 heavy (non-hydrogen) atoms. The van der Waals surface area contributed by atoms with E-state index in [1.165, 1.54) is 32.5 Å². The first kappa shape index (κ1) is 10.4. The Bertz CT molecular complexity index is 189. The van der Waals surface area contributed by atoms with Crippen LogP contribution in [0.1, 0.15) is 26.7 Å². The number of hydrogen-bond acceptors (Lipinski definition) is 2. The van der Waals surface area contributed by atoms with E-state index in [1.54, 1.807) is 0 Å². The van der Waals surface area contributed by atoms with Crippen LogP contribution in [-0.2, 0) is 0 Å². The highest BCUT2D eigenvalue weighted by atomic mass is 15.1. The molecular formula is C12H24N2. The largest absolute Gasteiger partial charge is 0.313 e. The molecule has 2 aliphatic rings. The van der Waals surface area contributed by atoms with Gasteiger partial charge in [-0.15, -0.1) is 0 Å².